The van der Waals surface area contributed by atoms with Crippen molar-refractivity contribution in [3.05, 3.63) is 72.4 Å². The van der Waals surface area contributed by atoms with E-state index in [1.807, 2.05) is 0 Å². The largest absolute Gasteiger partial charge is 0.365 e. The Labute approximate surface area is 165 Å². The molecule has 27 heavy (non-hydrogen) atoms. The van der Waals surface area contributed by atoms with Crippen molar-refractivity contribution < 1.29 is 0 Å². The molecule has 0 spiro atoms. The van der Waals surface area contributed by atoms with Crippen molar-refractivity contribution in [3.63, 3.8) is 0 Å². The van der Waals surface area contributed by atoms with Crippen LogP contribution in [-0.2, 0) is 6.54 Å². The second-order valence-corrected chi connectivity index (χ2v) is 7.00. The molecule has 1 aliphatic rings. The van der Waals surface area contributed by atoms with E-state index in [2.05, 4.69) is 82.1 Å². The SMILES string of the molecule is Cl.c1ccc(Cn2ccc3c(N[C@H]4CCNC4)nc4ccccc4c32)cc1. The van der Waals surface area contributed by atoms with Gasteiger partial charge >= 0.3 is 0 Å². The number of aromatic nitrogens is 2. The Bertz CT molecular complexity index is 1050. The van der Waals surface area contributed by atoms with Crippen LogP contribution in [0, 0.1) is 0 Å². The van der Waals surface area contributed by atoms with Crippen LogP contribution in [-0.4, -0.2) is 28.7 Å². The summed E-state index contributed by atoms with van der Waals surface area (Å²) in [6, 6.07) is 21.7. The third-order valence-corrected chi connectivity index (χ3v) is 5.21. The number of rotatable bonds is 4. The summed E-state index contributed by atoms with van der Waals surface area (Å²) in [6.45, 7) is 2.94. The number of pyridine rings is 1. The Morgan fingerprint density at radius 1 is 1.00 bits per heavy atom. The van der Waals surface area contributed by atoms with Crippen molar-refractivity contribution in [2.45, 2.75) is 19.0 Å². The van der Waals surface area contributed by atoms with Crippen LogP contribution < -0.4 is 10.6 Å². The second kappa shape index (κ2) is 7.59. The summed E-state index contributed by atoms with van der Waals surface area (Å²) in [5, 5.41) is 9.49. The van der Waals surface area contributed by atoms with E-state index in [-0.39, 0.29) is 12.4 Å². The number of hydrogen-bond donors (Lipinski definition) is 2. The highest BCUT2D eigenvalue weighted by molar-refractivity contribution is 6.08. The second-order valence-electron chi connectivity index (χ2n) is 7.00. The minimum absolute atomic E-state index is 0. The van der Waals surface area contributed by atoms with E-state index in [0.29, 0.717) is 6.04 Å². The average molecular weight is 379 g/mol. The quantitative estimate of drug-likeness (QED) is 0.552. The highest BCUT2D eigenvalue weighted by atomic mass is 35.5. The van der Waals surface area contributed by atoms with Gasteiger partial charge in [0.1, 0.15) is 5.82 Å². The Kier molecular flexibility index (Phi) is 5.01. The molecule has 138 valence electrons. The van der Waals surface area contributed by atoms with E-state index in [1.54, 1.807) is 0 Å². The van der Waals surface area contributed by atoms with Crippen LogP contribution in [0.25, 0.3) is 21.8 Å². The number of benzene rings is 2. The Balaban J connectivity index is 0.00000180. The van der Waals surface area contributed by atoms with Gasteiger partial charge in [-0.25, -0.2) is 4.98 Å². The van der Waals surface area contributed by atoms with Gasteiger partial charge in [-0.05, 0) is 30.7 Å². The molecule has 0 bridgehead atoms. The maximum atomic E-state index is 4.94. The van der Waals surface area contributed by atoms with E-state index in [4.69, 9.17) is 4.98 Å². The molecule has 4 nitrogen and oxygen atoms in total. The normalized spacial score (nSPS) is 16.5. The Hall–Kier alpha value is -2.56. The summed E-state index contributed by atoms with van der Waals surface area (Å²) < 4.78 is 2.34. The van der Waals surface area contributed by atoms with E-state index < -0.39 is 0 Å². The number of para-hydroxylation sites is 1. The van der Waals surface area contributed by atoms with Gasteiger partial charge in [0.05, 0.1) is 11.0 Å². The topological polar surface area (TPSA) is 41.9 Å². The average Bonchev–Trinajstić information content (AvgIpc) is 3.33. The smallest absolute Gasteiger partial charge is 0.136 e. The minimum atomic E-state index is 0. The number of nitrogens with one attached hydrogen (secondary N) is 2. The predicted octanol–water partition coefficient (Wildman–Crippen LogP) is 4.43. The number of nitrogens with zero attached hydrogens (tertiary/aromatic N) is 2. The zero-order chi connectivity index (χ0) is 17.3. The first-order valence-electron chi connectivity index (χ1n) is 9.27. The highest BCUT2D eigenvalue weighted by Crippen LogP contribution is 2.31. The summed E-state index contributed by atoms with van der Waals surface area (Å²) in [7, 11) is 0. The fraction of sp³-hybridized carbons (Fsp3) is 0.227. The van der Waals surface area contributed by atoms with Crippen molar-refractivity contribution >= 4 is 40.0 Å². The molecule has 5 heteroatoms. The van der Waals surface area contributed by atoms with Crippen LogP contribution in [0.3, 0.4) is 0 Å². The first kappa shape index (κ1) is 17.8. The first-order valence-corrected chi connectivity index (χ1v) is 9.27. The third-order valence-electron chi connectivity index (χ3n) is 5.21. The number of halogens is 1. The van der Waals surface area contributed by atoms with Crippen LogP contribution >= 0.6 is 12.4 Å². The molecular formula is C22H23ClN4. The third kappa shape index (κ3) is 3.38. The fourth-order valence-corrected chi connectivity index (χ4v) is 3.91. The van der Waals surface area contributed by atoms with Gasteiger partial charge in [0, 0.05) is 36.1 Å². The molecule has 4 aromatic rings. The van der Waals surface area contributed by atoms with Crippen molar-refractivity contribution in [2.75, 3.05) is 18.4 Å². The highest BCUT2D eigenvalue weighted by Gasteiger charge is 2.18. The molecule has 1 saturated heterocycles. The zero-order valence-corrected chi connectivity index (χ0v) is 15.9. The number of anilines is 1. The van der Waals surface area contributed by atoms with Gasteiger partial charge in [-0.15, -0.1) is 12.4 Å². The lowest BCUT2D eigenvalue weighted by Crippen LogP contribution is -2.22. The maximum Gasteiger partial charge on any atom is 0.136 e. The zero-order valence-electron chi connectivity index (χ0n) is 15.1. The lowest BCUT2D eigenvalue weighted by atomic mass is 10.1. The molecule has 1 fully saturated rings. The summed E-state index contributed by atoms with van der Waals surface area (Å²) in [6.07, 6.45) is 3.32. The standard InChI is InChI=1S/C22H22N4.ClH/c1-2-6-16(7-3-1)15-26-13-11-19-21(26)18-8-4-5-9-20(18)25-22(19)24-17-10-12-23-14-17;/h1-9,11,13,17,23H,10,12,14-15H2,(H,24,25);1H/t17-;/m0./s1. The van der Waals surface area contributed by atoms with Crippen LogP contribution in [0.5, 0.6) is 0 Å². The van der Waals surface area contributed by atoms with Crippen LogP contribution in [0.1, 0.15) is 12.0 Å². The van der Waals surface area contributed by atoms with Crippen molar-refractivity contribution in [1.29, 1.82) is 0 Å². The molecule has 2 aromatic heterocycles. The molecule has 0 radical (unpaired) electrons. The Morgan fingerprint density at radius 2 is 1.81 bits per heavy atom. The molecule has 2 N–H and O–H groups in total. The van der Waals surface area contributed by atoms with Gasteiger partial charge in [-0.3, -0.25) is 0 Å². The molecule has 2 aromatic carbocycles. The summed E-state index contributed by atoms with van der Waals surface area (Å²) >= 11 is 0. The predicted molar refractivity (Wildman–Crippen MR) is 115 cm³/mol. The summed E-state index contributed by atoms with van der Waals surface area (Å²) in [5.74, 6) is 0.999. The fourth-order valence-electron chi connectivity index (χ4n) is 3.91. The van der Waals surface area contributed by atoms with Gasteiger partial charge < -0.3 is 15.2 Å². The summed E-state index contributed by atoms with van der Waals surface area (Å²) in [5.41, 5.74) is 3.61. The van der Waals surface area contributed by atoms with E-state index in [9.17, 15) is 0 Å². The Morgan fingerprint density at radius 3 is 2.63 bits per heavy atom. The molecule has 0 unspecified atom stereocenters. The maximum absolute atomic E-state index is 4.94. The van der Waals surface area contributed by atoms with Gasteiger partial charge in [0.25, 0.3) is 0 Å². The van der Waals surface area contributed by atoms with Crippen LogP contribution in [0.2, 0.25) is 0 Å². The number of hydrogen-bond acceptors (Lipinski definition) is 3. The number of fused-ring (bicyclic) bond motifs is 3. The molecule has 3 heterocycles. The van der Waals surface area contributed by atoms with Gasteiger partial charge in [-0.1, -0.05) is 48.5 Å². The molecule has 0 amide bonds. The van der Waals surface area contributed by atoms with Gasteiger partial charge in [0.2, 0.25) is 0 Å². The van der Waals surface area contributed by atoms with Crippen molar-refractivity contribution in [2.24, 2.45) is 0 Å². The van der Waals surface area contributed by atoms with E-state index >= 15 is 0 Å². The van der Waals surface area contributed by atoms with Crippen LogP contribution in [0.4, 0.5) is 5.82 Å². The van der Waals surface area contributed by atoms with Crippen molar-refractivity contribution in [1.82, 2.24) is 14.9 Å². The van der Waals surface area contributed by atoms with Crippen molar-refractivity contribution in [3.8, 4) is 0 Å². The van der Waals surface area contributed by atoms with Crippen LogP contribution in [0.15, 0.2) is 66.9 Å². The molecule has 0 saturated carbocycles. The van der Waals surface area contributed by atoms with Gasteiger partial charge in [-0.2, -0.15) is 0 Å². The lowest BCUT2D eigenvalue weighted by molar-refractivity contribution is 0.790. The van der Waals surface area contributed by atoms with E-state index in [0.717, 1.165) is 37.4 Å². The lowest BCUT2D eigenvalue weighted by Gasteiger charge is -2.15. The summed E-state index contributed by atoms with van der Waals surface area (Å²) in [4.78, 5) is 4.94. The van der Waals surface area contributed by atoms with Gasteiger partial charge in [0.15, 0.2) is 0 Å². The molecular weight excluding hydrogens is 356 g/mol. The molecule has 1 aliphatic heterocycles. The minimum Gasteiger partial charge on any atom is -0.365 e. The van der Waals surface area contributed by atoms with E-state index in [1.165, 1.54) is 21.9 Å². The first-order chi connectivity index (χ1) is 12.9. The molecule has 5 rings (SSSR count). The molecule has 0 aliphatic carbocycles. The molecule has 1 atom stereocenters. The monoisotopic (exact) mass is 378 g/mol.